The number of carboxylic acids is 1. The topological polar surface area (TPSA) is 92.7 Å². The van der Waals surface area contributed by atoms with E-state index in [1.165, 1.54) is 7.11 Å². The molecule has 0 aliphatic heterocycles. The molecule has 0 heterocycles. The number of ether oxygens (including phenoxy) is 1. The maximum Gasteiger partial charge on any atom is 0.321 e. The Bertz CT molecular complexity index is 570. The van der Waals surface area contributed by atoms with Crippen LogP contribution in [0.2, 0.25) is 0 Å². The first kappa shape index (κ1) is 16.5. The number of halogens is 2. The van der Waals surface area contributed by atoms with Gasteiger partial charge in [0.05, 0.1) is 0 Å². The summed E-state index contributed by atoms with van der Waals surface area (Å²) in [7, 11) is -3.32. The minimum atomic E-state index is -4.63. The van der Waals surface area contributed by atoms with Gasteiger partial charge in [-0.3, -0.25) is 4.79 Å². The summed E-state index contributed by atoms with van der Waals surface area (Å²) < 4.78 is 56.9. The third-order valence-corrected chi connectivity index (χ3v) is 3.92. The monoisotopic (exact) mass is 309 g/mol. The van der Waals surface area contributed by atoms with Crippen molar-refractivity contribution in [1.29, 1.82) is 0 Å². The van der Waals surface area contributed by atoms with Gasteiger partial charge in [0.15, 0.2) is 4.90 Å². The van der Waals surface area contributed by atoms with Crippen molar-refractivity contribution >= 4 is 16.0 Å². The minimum Gasteiger partial charge on any atom is -0.480 e. The molecule has 1 aromatic carbocycles. The molecule has 0 fully saturated rings. The van der Waals surface area contributed by atoms with Crippen LogP contribution in [0.5, 0.6) is 0 Å². The predicted octanol–water partition coefficient (Wildman–Crippen LogP) is 0.733. The highest BCUT2D eigenvalue weighted by Gasteiger charge is 2.29. The molecular formula is C11H13F2NO5S. The number of methoxy groups -OCH3 is 1. The van der Waals surface area contributed by atoms with E-state index in [1.807, 2.05) is 0 Å². The summed E-state index contributed by atoms with van der Waals surface area (Å²) in [5, 5.41) is 8.88. The maximum absolute atomic E-state index is 13.4. The van der Waals surface area contributed by atoms with Crippen LogP contribution in [0, 0.1) is 11.6 Å². The van der Waals surface area contributed by atoms with Gasteiger partial charge in [-0.1, -0.05) is 6.07 Å². The molecule has 0 saturated carbocycles. The SMILES string of the molecule is COCCC(NS(=O)(=O)c1c(F)cccc1F)C(=O)O. The second-order valence-electron chi connectivity index (χ2n) is 3.84. The molecule has 112 valence electrons. The molecule has 1 rings (SSSR count). The number of hydrogen-bond donors (Lipinski definition) is 2. The highest BCUT2D eigenvalue weighted by atomic mass is 32.2. The van der Waals surface area contributed by atoms with Crippen LogP contribution in [-0.2, 0) is 19.6 Å². The lowest BCUT2D eigenvalue weighted by Crippen LogP contribution is -2.42. The Hall–Kier alpha value is -1.58. The van der Waals surface area contributed by atoms with E-state index in [9.17, 15) is 22.0 Å². The van der Waals surface area contributed by atoms with Crippen LogP contribution in [-0.4, -0.2) is 39.3 Å². The Labute approximate surface area is 114 Å². The van der Waals surface area contributed by atoms with Gasteiger partial charge in [0.25, 0.3) is 0 Å². The summed E-state index contributed by atoms with van der Waals surface area (Å²) in [4.78, 5) is 9.71. The lowest BCUT2D eigenvalue weighted by Gasteiger charge is -2.15. The number of sulfonamides is 1. The Kier molecular flexibility index (Phi) is 5.54. The van der Waals surface area contributed by atoms with E-state index in [0.29, 0.717) is 0 Å². The number of aliphatic carboxylic acids is 1. The van der Waals surface area contributed by atoms with Crippen molar-refractivity contribution in [1.82, 2.24) is 4.72 Å². The summed E-state index contributed by atoms with van der Waals surface area (Å²) in [5.41, 5.74) is 0. The van der Waals surface area contributed by atoms with Gasteiger partial charge in [0.1, 0.15) is 17.7 Å². The van der Waals surface area contributed by atoms with Crippen LogP contribution in [0.25, 0.3) is 0 Å². The number of carbonyl (C=O) groups is 1. The Morgan fingerprint density at radius 2 is 1.95 bits per heavy atom. The van der Waals surface area contributed by atoms with Crippen LogP contribution in [0.3, 0.4) is 0 Å². The van der Waals surface area contributed by atoms with Gasteiger partial charge in [0.2, 0.25) is 10.0 Å². The predicted molar refractivity (Wildman–Crippen MR) is 64.6 cm³/mol. The molecule has 0 aromatic heterocycles. The van der Waals surface area contributed by atoms with Crippen LogP contribution >= 0.6 is 0 Å². The number of rotatable bonds is 7. The fourth-order valence-electron chi connectivity index (χ4n) is 1.45. The highest BCUT2D eigenvalue weighted by molar-refractivity contribution is 7.89. The lowest BCUT2D eigenvalue weighted by molar-refractivity contribution is -0.139. The van der Waals surface area contributed by atoms with Crippen LogP contribution in [0.4, 0.5) is 8.78 Å². The molecule has 2 N–H and O–H groups in total. The molecule has 9 heteroatoms. The molecule has 0 radical (unpaired) electrons. The first-order valence-corrected chi connectivity index (χ1v) is 6.96. The largest absolute Gasteiger partial charge is 0.480 e. The van der Waals surface area contributed by atoms with Crippen molar-refractivity contribution in [2.24, 2.45) is 0 Å². The lowest BCUT2D eigenvalue weighted by atomic mass is 10.2. The molecular weight excluding hydrogens is 296 g/mol. The average Bonchev–Trinajstić information content (AvgIpc) is 2.33. The smallest absolute Gasteiger partial charge is 0.321 e. The normalized spacial score (nSPS) is 13.2. The van der Waals surface area contributed by atoms with Crippen molar-refractivity contribution in [3.63, 3.8) is 0 Å². The van der Waals surface area contributed by atoms with Crippen molar-refractivity contribution in [2.45, 2.75) is 17.4 Å². The van der Waals surface area contributed by atoms with Gasteiger partial charge >= 0.3 is 5.97 Å². The summed E-state index contributed by atoms with van der Waals surface area (Å²) in [5.74, 6) is -4.07. The van der Waals surface area contributed by atoms with Crippen LogP contribution < -0.4 is 4.72 Å². The molecule has 0 amide bonds. The molecule has 0 aliphatic carbocycles. The van der Waals surface area contributed by atoms with E-state index < -0.39 is 38.6 Å². The van der Waals surface area contributed by atoms with Crippen LogP contribution in [0.1, 0.15) is 6.42 Å². The summed E-state index contributed by atoms with van der Waals surface area (Å²) in [6.45, 7) is -0.0285. The average molecular weight is 309 g/mol. The Morgan fingerprint density at radius 3 is 2.40 bits per heavy atom. The summed E-state index contributed by atoms with van der Waals surface area (Å²) >= 11 is 0. The van der Waals surface area contributed by atoms with Crippen molar-refractivity contribution in [2.75, 3.05) is 13.7 Å². The highest BCUT2D eigenvalue weighted by Crippen LogP contribution is 2.18. The molecule has 1 aromatic rings. The van der Waals surface area contributed by atoms with Gasteiger partial charge in [-0.25, -0.2) is 17.2 Å². The molecule has 0 saturated heterocycles. The zero-order chi connectivity index (χ0) is 15.3. The number of benzene rings is 1. The molecule has 1 atom stereocenters. The fourth-order valence-corrected chi connectivity index (χ4v) is 2.81. The van der Waals surface area contributed by atoms with E-state index in [0.717, 1.165) is 18.2 Å². The molecule has 0 bridgehead atoms. The van der Waals surface area contributed by atoms with E-state index in [-0.39, 0.29) is 13.0 Å². The van der Waals surface area contributed by atoms with Crippen molar-refractivity contribution in [3.8, 4) is 0 Å². The standard InChI is InChI=1S/C11H13F2NO5S/c1-19-6-5-9(11(15)16)14-20(17,18)10-7(12)3-2-4-8(10)13/h2-4,9,14H,5-6H2,1H3,(H,15,16). The zero-order valence-corrected chi connectivity index (χ0v) is 11.3. The van der Waals surface area contributed by atoms with E-state index in [2.05, 4.69) is 4.74 Å². The molecule has 0 aliphatic rings. The fraction of sp³-hybridized carbons (Fsp3) is 0.364. The Morgan fingerprint density at radius 1 is 1.40 bits per heavy atom. The molecule has 20 heavy (non-hydrogen) atoms. The van der Waals surface area contributed by atoms with Crippen molar-refractivity contribution in [3.05, 3.63) is 29.8 Å². The van der Waals surface area contributed by atoms with Gasteiger partial charge < -0.3 is 9.84 Å². The van der Waals surface area contributed by atoms with Gasteiger partial charge in [-0.2, -0.15) is 4.72 Å². The van der Waals surface area contributed by atoms with E-state index in [4.69, 9.17) is 5.11 Å². The third-order valence-electron chi connectivity index (χ3n) is 2.39. The molecule has 0 spiro atoms. The molecule has 6 nitrogen and oxygen atoms in total. The van der Waals surface area contributed by atoms with Gasteiger partial charge in [0, 0.05) is 13.7 Å². The zero-order valence-electron chi connectivity index (χ0n) is 10.5. The first-order valence-electron chi connectivity index (χ1n) is 5.47. The first-order chi connectivity index (χ1) is 9.29. The van der Waals surface area contributed by atoms with E-state index >= 15 is 0 Å². The minimum absolute atomic E-state index is 0.0285. The van der Waals surface area contributed by atoms with E-state index in [1.54, 1.807) is 4.72 Å². The number of hydrogen-bond acceptors (Lipinski definition) is 4. The number of nitrogens with one attached hydrogen (secondary N) is 1. The number of carboxylic acid groups (broad SMARTS) is 1. The summed E-state index contributed by atoms with van der Waals surface area (Å²) in [6.07, 6.45) is -0.179. The summed E-state index contributed by atoms with van der Waals surface area (Å²) in [6, 6.07) is 0.994. The second kappa shape index (κ2) is 6.73. The quantitative estimate of drug-likeness (QED) is 0.774. The third kappa shape index (κ3) is 3.95. The van der Waals surface area contributed by atoms with Crippen molar-refractivity contribution < 1.29 is 31.8 Å². The second-order valence-corrected chi connectivity index (χ2v) is 5.50. The Balaban J connectivity index is 3.07. The maximum atomic E-state index is 13.4. The molecule has 1 unspecified atom stereocenters. The van der Waals surface area contributed by atoms with Gasteiger partial charge in [-0.05, 0) is 18.6 Å². The van der Waals surface area contributed by atoms with Gasteiger partial charge in [-0.15, -0.1) is 0 Å². The van der Waals surface area contributed by atoms with Crippen LogP contribution in [0.15, 0.2) is 23.1 Å².